The fourth-order valence-corrected chi connectivity index (χ4v) is 10.4. The second-order valence-corrected chi connectivity index (χ2v) is 17.7. The average molecular weight is 816 g/mol. The molecule has 64 heavy (non-hydrogen) atoms. The molecule has 1 heteroatoms. The molecular weight excluding hydrogens is 771 g/mol. The van der Waals surface area contributed by atoms with E-state index in [1.165, 1.54) is 99.1 Å². The van der Waals surface area contributed by atoms with E-state index < -0.39 is 0 Å². The molecule has 1 nitrogen and oxygen atoms in total. The number of para-hydroxylation sites is 1. The first-order valence-electron chi connectivity index (χ1n) is 22.3. The van der Waals surface area contributed by atoms with Crippen LogP contribution in [-0.4, -0.2) is 0 Å². The first kappa shape index (κ1) is 37.7. The van der Waals surface area contributed by atoms with Crippen molar-refractivity contribution < 1.29 is 0 Å². The van der Waals surface area contributed by atoms with Crippen LogP contribution < -0.4 is 4.90 Å². The molecule has 0 amide bonds. The number of hydrogen-bond donors (Lipinski definition) is 0. The Balaban J connectivity index is 0.965. The number of benzene rings is 11. The van der Waals surface area contributed by atoms with Crippen molar-refractivity contribution in [2.45, 2.75) is 19.3 Å². The van der Waals surface area contributed by atoms with E-state index in [4.69, 9.17) is 0 Å². The van der Waals surface area contributed by atoms with E-state index in [0.29, 0.717) is 0 Å². The zero-order valence-corrected chi connectivity index (χ0v) is 36.0. The van der Waals surface area contributed by atoms with Crippen LogP contribution in [0, 0.1) is 0 Å². The number of hydrogen-bond acceptors (Lipinski definition) is 1. The molecule has 12 rings (SSSR count). The normalized spacial score (nSPS) is 12.7. The topological polar surface area (TPSA) is 3.24 Å². The molecular formula is C63H45N. The van der Waals surface area contributed by atoms with E-state index in [9.17, 15) is 0 Å². The van der Waals surface area contributed by atoms with Gasteiger partial charge in [-0.3, -0.25) is 0 Å². The van der Waals surface area contributed by atoms with Crippen LogP contribution in [0.15, 0.2) is 237 Å². The summed E-state index contributed by atoms with van der Waals surface area (Å²) in [5.41, 5.74) is 18.3. The molecule has 0 N–H and O–H groups in total. The van der Waals surface area contributed by atoms with Gasteiger partial charge >= 0.3 is 0 Å². The Morgan fingerprint density at radius 1 is 0.297 bits per heavy atom. The van der Waals surface area contributed by atoms with Crippen LogP contribution in [0.2, 0.25) is 0 Å². The van der Waals surface area contributed by atoms with Gasteiger partial charge in [0.15, 0.2) is 0 Å². The molecule has 1 aliphatic carbocycles. The Labute approximate surface area is 375 Å². The summed E-state index contributed by atoms with van der Waals surface area (Å²) in [6, 6.07) is 87.2. The Morgan fingerprint density at radius 2 is 0.797 bits per heavy atom. The predicted molar refractivity (Wildman–Crippen MR) is 273 cm³/mol. The SMILES string of the molecule is CC1(C)c2ccccc2-c2c(-c3ccccc3N(c3ccc(-c4ccc(-c5ccc6ccccc6c5)cc4)cc3)c3ccc(-c4cccc5c4ccc4ccccc45)cc3)cccc21. The van der Waals surface area contributed by atoms with Crippen LogP contribution in [0.3, 0.4) is 0 Å². The third kappa shape index (κ3) is 6.23. The summed E-state index contributed by atoms with van der Waals surface area (Å²) in [7, 11) is 0. The zero-order valence-electron chi connectivity index (χ0n) is 36.0. The first-order valence-corrected chi connectivity index (χ1v) is 22.3. The fourth-order valence-electron chi connectivity index (χ4n) is 10.4. The fraction of sp³-hybridized carbons (Fsp3) is 0.0476. The van der Waals surface area contributed by atoms with Crippen LogP contribution >= 0.6 is 0 Å². The van der Waals surface area contributed by atoms with Gasteiger partial charge in [-0.1, -0.05) is 214 Å². The summed E-state index contributed by atoms with van der Waals surface area (Å²) < 4.78 is 0. The minimum absolute atomic E-state index is 0.0934. The van der Waals surface area contributed by atoms with Gasteiger partial charge in [0.1, 0.15) is 0 Å². The summed E-state index contributed by atoms with van der Waals surface area (Å²) in [5.74, 6) is 0. The Bertz CT molecular complexity index is 3560. The van der Waals surface area contributed by atoms with E-state index in [-0.39, 0.29) is 5.41 Å². The lowest BCUT2D eigenvalue weighted by Crippen LogP contribution is -2.14. The minimum atomic E-state index is -0.0934. The summed E-state index contributed by atoms with van der Waals surface area (Å²) in [6.45, 7) is 4.72. The maximum Gasteiger partial charge on any atom is 0.0540 e. The standard InChI is InChI=1S/C63H45N/c1-63(2)59-22-9-7-18-58(59)62-57(21-12-23-60(62)63)56-17-8-10-24-61(56)64(51-38-33-47(34-39-51)53-19-11-20-54-52-16-6-5-14-46(52)35-40-55(53)54)50-36-31-44(32-37-50)43-25-27-45(28-26-43)49-30-29-42-13-3-4-15-48(42)41-49/h3-41H,1-2H3. The van der Waals surface area contributed by atoms with Crippen LogP contribution in [0.4, 0.5) is 17.1 Å². The van der Waals surface area contributed by atoms with Crippen molar-refractivity contribution in [3.05, 3.63) is 248 Å². The smallest absolute Gasteiger partial charge is 0.0540 e. The lowest BCUT2D eigenvalue weighted by Gasteiger charge is -2.29. The molecule has 0 heterocycles. The molecule has 0 aliphatic heterocycles. The van der Waals surface area contributed by atoms with Gasteiger partial charge in [0.25, 0.3) is 0 Å². The number of nitrogens with zero attached hydrogens (tertiary/aromatic N) is 1. The van der Waals surface area contributed by atoms with Gasteiger partial charge < -0.3 is 4.90 Å². The van der Waals surface area contributed by atoms with E-state index in [1.807, 2.05) is 0 Å². The van der Waals surface area contributed by atoms with Crippen LogP contribution in [0.5, 0.6) is 0 Å². The van der Waals surface area contributed by atoms with Crippen molar-refractivity contribution in [2.24, 2.45) is 0 Å². The monoisotopic (exact) mass is 815 g/mol. The third-order valence-electron chi connectivity index (χ3n) is 13.7. The molecule has 0 spiro atoms. The quantitative estimate of drug-likeness (QED) is 0.145. The summed E-state index contributed by atoms with van der Waals surface area (Å²) in [4.78, 5) is 2.44. The first-order chi connectivity index (χ1) is 31.5. The lowest BCUT2D eigenvalue weighted by molar-refractivity contribution is 0.660. The van der Waals surface area contributed by atoms with Crippen LogP contribution in [0.1, 0.15) is 25.0 Å². The molecule has 0 atom stereocenters. The minimum Gasteiger partial charge on any atom is -0.310 e. The Kier molecular flexibility index (Phi) is 8.91. The van der Waals surface area contributed by atoms with Crippen LogP contribution in [0.25, 0.3) is 88.0 Å². The highest BCUT2D eigenvalue weighted by atomic mass is 15.1. The van der Waals surface area contributed by atoms with Crippen molar-refractivity contribution in [3.8, 4) is 55.6 Å². The molecule has 0 bridgehead atoms. The highest BCUT2D eigenvalue weighted by molar-refractivity contribution is 6.12. The summed E-state index contributed by atoms with van der Waals surface area (Å²) in [5, 5.41) is 7.60. The van der Waals surface area contributed by atoms with Gasteiger partial charge in [-0.25, -0.2) is 0 Å². The van der Waals surface area contributed by atoms with Gasteiger partial charge in [-0.2, -0.15) is 0 Å². The van der Waals surface area contributed by atoms with Gasteiger partial charge in [-0.15, -0.1) is 0 Å². The Hall–Kier alpha value is -8.00. The Morgan fingerprint density at radius 3 is 1.56 bits per heavy atom. The third-order valence-corrected chi connectivity index (χ3v) is 13.7. The van der Waals surface area contributed by atoms with Crippen molar-refractivity contribution >= 4 is 49.4 Å². The second kappa shape index (κ2) is 15.1. The maximum absolute atomic E-state index is 2.44. The zero-order chi connectivity index (χ0) is 42.8. The van der Waals surface area contributed by atoms with E-state index in [1.54, 1.807) is 0 Å². The predicted octanol–water partition coefficient (Wildman–Crippen LogP) is 17.6. The molecule has 0 aromatic heterocycles. The van der Waals surface area contributed by atoms with E-state index in [2.05, 4.69) is 255 Å². The lowest BCUT2D eigenvalue weighted by atomic mass is 9.82. The molecule has 11 aromatic rings. The second-order valence-electron chi connectivity index (χ2n) is 17.7. The largest absolute Gasteiger partial charge is 0.310 e. The number of fused-ring (bicyclic) bond motifs is 7. The van der Waals surface area contributed by atoms with Crippen molar-refractivity contribution in [1.82, 2.24) is 0 Å². The van der Waals surface area contributed by atoms with Crippen LogP contribution in [-0.2, 0) is 5.41 Å². The van der Waals surface area contributed by atoms with E-state index in [0.717, 1.165) is 17.1 Å². The molecule has 0 unspecified atom stereocenters. The molecule has 0 radical (unpaired) electrons. The number of anilines is 3. The molecule has 11 aromatic carbocycles. The van der Waals surface area contributed by atoms with Gasteiger partial charge in [-0.05, 0) is 130 Å². The molecule has 1 aliphatic rings. The summed E-state index contributed by atoms with van der Waals surface area (Å²) >= 11 is 0. The maximum atomic E-state index is 2.44. The molecule has 0 saturated heterocycles. The molecule has 0 saturated carbocycles. The number of rotatable bonds is 7. The van der Waals surface area contributed by atoms with Crippen molar-refractivity contribution in [1.29, 1.82) is 0 Å². The molecule has 302 valence electrons. The average Bonchev–Trinajstić information content (AvgIpc) is 3.60. The summed E-state index contributed by atoms with van der Waals surface area (Å²) in [6.07, 6.45) is 0. The highest BCUT2D eigenvalue weighted by Crippen LogP contribution is 2.54. The van der Waals surface area contributed by atoms with E-state index >= 15 is 0 Å². The van der Waals surface area contributed by atoms with Crippen molar-refractivity contribution in [3.63, 3.8) is 0 Å². The van der Waals surface area contributed by atoms with Crippen molar-refractivity contribution in [2.75, 3.05) is 4.90 Å². The van der Waals surface area contributed by atoms with Gasteiger partial charge in [0, 0.05) is 22.4 Å². The van der Waals surface area contributed by atoms with Gasteiger partial charge in [0.2, 0.25) is 0 Å². The van der Waals surface area contributed by atoms with Gasteiger partial charge in [0.05, 0.1) is 5.69 Å². The highest BCUT2D eigenvalue weighted by Gasteiger charge is 2.37. The molecule has 0 fully saturated rings.